The standard InChI is InChI=1S/C21H27ClN6OS.C2H6/c1-5-17(29-4)14-9-15(22)11-16(10-14)30-21-27-18-19(23)25-12-26-20(18)28(21)8-6-7-24-13(2)3;1-2/h5,9-13,24H,6-8H2,1-4H3,(H2,23,25,26);1-2H3/b17-5-;. The normalized spacial score (nSPS) is 11.6. The van der Waals surface area contributed by atoms with Crippen LogP contribution in [-0.2, 0) is 11.3 Å². The molecule has 1 aromatic carbocycles. The quantitative estimate of drug-likeness (QED) is 0.305. The van der Waals surface area contributed by atoms with Gasteiger partial charge in [0.1, 0.15) is 12.1 Å². The molecule has 0 unspecified atom stereocenters. The van der Waals surface area contributed by atoms with Crippen molar-refractivity contribution in [1.29, 1.82) is 0 Å². The van der Waals surface area contributed by atoms with Crippen molar-refractivity contribution in [2.24, 2.45) is 0 Å². The molecule has 0 saturated carbocycles. The fourth-order valence-corrected chi connectivity index (χ4v) is 4.42. The zero-order valence-corrected chi connectivity index (χ0v) is 21.2. The monoisotopic (exact) mass is 476 g/mol. The summed E-state index contributed by atoms with van der Waals surface area (Å²) in [5, 5.41) is 4.88. The van der Waals surface area contributed by atoms with Crippen molar-refractivity contribution in [2.75, 3.05) is 19.4 Å². The van der Waals surface area contributed by atoms with E-state index in [0.29, 0.717) is 22.4 Å². The molecule has 0 amide bonds. The number of ether oxygens (including phenoxy) is 1. The number of nitrogens with one attached hydrogen (secondary N) is 1. The van der Waals surface area contributed by atoms with Crippen LogP contribution in [0.3, 0.4) is 0 Å². The maximum Gasteiger partial charge on any atom is 0.175 e. The molecule has 0 atom stereocenters. The fraction of sp³-hybridized carbons (Fsp3) is 0.435. The first-order valence-electron chi connectivity index (χ1n) is 10.8. The van der Waals surface area contributed by atoms with Crippen LogP contribution >= 0.6 is 23.4 Å². The second-order valence-corrected chi connectivity index (χ2v) is 8.55. The predicted octanol–water partition coefficient (Wildman–Crippen LogP) is 5.63. The SMILES string of the molecule is C/C=C(\OC)c1cc(Cl)cc(Sc2nc3c(N)ncnc3n2CCCNC(C)C)c1.CC. The van der Waals surface area contributed by atoms with Crippen LogP contribution in [0.25, 0.3) is 16.9 Å². The van der Waals surface area contributed by atoms with Gasteiger partial charge in [0, 0.05) is 28.1 Å². The van der Waals surface area contributed by atoms with E-state index >= 15 is 0 Å². The number of imidazole rings is 1. The maximum absolute atomic E-state index is 6.38. The van der Waals surface area contributed by atoms with Gasteiger partial charge in [0.2, 0.25) is 0 Å². The summed E-state index contributed by atoms with van der Waals surface area (Å²) in [5.74, 6) is 1.14. The van der Waals surface area contributed by atoms with Gasteiger partial charge >= 0.3 is 0 Å². The van der Waals surface area contributed by atoms with Crippen molar-refractivity contribution in [1.82, 2.24) is 24.8 Å². The van der Waals surface area contributed by atoms with Gasteiger partial charge in [-0.25, -0.2) is 15.0 Å². The number of nitrogens with zero attached hydrogens (tertiary/aromatic N) is 4. The van der Waals surface area contributed by atoms with E-state index in [9.17, 15) is 0 Å². The van der Waals surface area contributed by atoms with Crippen LogP contribution in [0.2, 0.25) is 5.02 Å². The Morgan fingerprint density at radius 1 is 1.28 bits per heavy atom. The molecule has 3 aromatic rings. The number of anilines is 1. The Morgan fingerprint density at radius 3 is 2.69 bits per heavy atom. The molecule has 0 aliphatic carbocycles. The number of hydrogen-bond donors (Lipinski definition) is 2. The lowest BCUT2D eigenvalue weighted by atomic mass is 10.2. The van der Waals surface area contributed by atoms with E-state index in [-0.39, 0.29) is 0 Å². The first kappa shape index (κ1) is 26.0. The minimum Gasteiger partial charge on any atom is -0.496 e. The number of rotatable bonds is 9. The molecule has 7 nitrogen and oxygen atoms in total. The molecular weight excluding hydrogens is 444 g/mol. The van der Waals surface area contributed by atoms with E-state index in [2.05, 4.69) is 33.7 Å². The van der Waals surface area contributed by atoms with Gasteiger partial charge in [-0.15, -0.1) is 0 Å². The number of nitrogen functional groups attached to an aromatic ring is 1. The smallest absolute Gasteiger partial charge is 0.175 e. The number of halogens is 1. The highest BCUT2D eigenvalue weighted by Gasteiger charge is 2.17. The highest BCUT2D eigenvalue weighted by atomic mass is 35.5. The third kappa shape index (κ3) is 6.60. The molecule has 2 heterocycles. The minimum absolute atomic E-state index is 0.378. The van der Waals surface area contributed by atoms with E-state index in [1.54, 1.807) is 7.11 Å². The molecular formula is C23H33ClN6OS. The Labute approximate surface area is 199 Å². The third-order valence-corrected chi connectivity index (χ3v) is 5.67. The van der Waals surface area contributed by atoms with Gasteiger partial charge in [-0.2, -0.15) is 0 Å². The summed E-state index contributed by atoms with van der Waals surface area (Å²) in [5.41, 5.74) is 8.33. The number of nitrogens with two attached hydrogens (primary N) is 1. The second-order valence-electron chi connectivity index (χ2n) is 7.07. The second kappa shape index (κ2) is 12.7. The van der Waals surface area contributed by atoms with Crippen molar-refractivity contribution >= 4 is 46.1 Å². The van der Waals surface area contributed by atoms with Crippen molar-refractivity contribution < 1.29 is 4.74 Å². The average Bonchev–Trinajstić information content (AvgIpc) is 3.11. The molecule has 3 N–H and O–H groups in total. The Morgan fingerprint density at radius 2 is 2.03 bits per heavy atom. The summed E-state index contributed by atoms with van der Waals surface area (Å²) in [6.07, 6.45) is 4.33. The zero-order chi connectivity index (χ0) is 23.7. The molecule has 0 saturated heterocycles. The number of aromatic nitrogens is 4. The Bertz CT molecular complexity index is 1050. The Hall–Kier alpha value is -2.29. The molecule has 0 aliphatic rings. The van der Waals surface area contributed by atoms with Gasteiger partial charge < -0.3 is 20.4 Å². The minimum atomic E-state index is 0.378. The van der Waals surface area contributed by atoms with Crippen LogP contribution in [0.1, 0.15) is 46.6 Å². The lowest BCUT2D eigenvalue weighted by Gasteiger charge is -2.12. The van der Waals surface area contributed by atoms with Crippen molar-refractivity contribution in [2.45, 2.75) is 63.7 Å². The lowest BCUT2D eigenvalue weighted by molar-refractivity contribution is 0.369. The molecule has 174 valence electrons. The summed E-state index contributed by atoms with van der Waals surface area (Å²) in [7, 11) is 1.65. The van der Waals surface area contributed by atoms with Gasteiger partial charge in [-0.05, 0) is 44.2 Å². The average molecular weight is 477 g/mol. The topological polar surface area (TPSA) is 90.9 Å². The van der Waals surface area contributed by atoms with Crippen LogP contribution in [0.15, 0.2) is 40.7 Å². The number of fused-ring (bicyclic) bond motifs is 1. The van der Waals surface area contributed by atoms with Gasteiger partial charge in [0.05, 0.1) is 7.11 Å². The van der Waals surface area contributed by atoms with Crippen molar-refractivity contribution in [3.63, 3.8) is 0 Å². The van der Waals surface area contributed by atoms with E-state index in [1.807, 2.05) is 45.0 Å². The molecule has 32 heavy (non-hydrogen) atoms. The van der Waals surface area contributed by atoms with E-state index in [1.165, 1.54) is 18.1 Å². The zero-order valence-electron chi connectivity index (χ0n) is 19.6. The summed E-state index contributed by atoms with van der Waals surface area (Å²) < 4.78 is 7.54. The van der Waals surface area contributed by atoms with Crippen LogP contribution in [0.5, 0.6) is 0 Å². The summed E-state index contributed by atoms with van der Waals surface area (Å²) >= 11 is 7.90. The van der Waals surface area contributed by atoms with Crippen molar-refractivity contribution in [3.05, 3.63) is 41.2 Å². The van der Waals surface area contributed by atoms with Gasteiger partial charge in [-0.1, -0.05) is 51.1 Å². The summed E-state index contributed by atoms with van der Waals surface area (Å²) in [6, 6.07) is 6.28. The number of benzene rings is 1. The van der Waals surface area contributed by atoms with Gasteiger partial charge in [-0.3, -0.25) is 0 Å². The lowest BCUT2D eigenvalue weighted by Crippen LogP contribution is -2.24. The largest absolute Gasteiger partial charge is 0.496 e. The van der Waals surface area contributed by atoms with Crippen LogP contribution in [0.4, 0.5) is 5.82 Å². The van der Waals surface area contributed by atoms with Gasteiger partial charge in [0.15, 0.2) is 22.1 Å². The highest BCUT2D eigenvalue weighted by Crippen LogP contribution is 2.34. The van der Waals surface area contributed by atoms with Gasteiger partial charge in [0.25, 0.3) is 0 Å². The first-order valence-corrected chi connectivity index (χ1v) is 12.0. The fourth-order valence-electron chi connectivity index (χ4n) is 3.11. The molecule has 3 rings (SSSR count). The first-order chi connectivity index (χ1) is 15.4. The number of allylic oxidation sites excluding steroid dienone is 1. The Kier molecular flexibility index (Phi) is 10.3. The van der Waals surface area contributed by atoms with Crippen LogP contribution in [0, 0.1) is 0 Å². The van der Waals surface area contributed by atoms with Crippen molar-refractivity contribution in [3.8, 4) is 0 Å². The molecule has 2 aromatic heterocycles. The molecule has 0 aliphatic heterocycles. The Balaban J connectivity index is 0.00000176. The summed E-state index contributed by atoms with van der Waals surface area (Å²) in [4.78, 5) is 14.2. The van der Waals surface area contributed by atoms with E-state index in [0.717, 1.165) is 46.5 Å². The maximum atomic E-state index is 6.38. The molecule has 9 heteroatoms. The predicted molar refractivity (Wildman–Crippen MR) is 135 cm³/mol. The van der Waals surface area contributed by atoms with E-state index < -0.39 is 0 Å². The molecule has 0 radical (unpaired) electrons. The van der Waals surface area contributed by atoms with Crippen LogP contribution in [-0.4, -0.2) is 39.2 Å². The number of aryl methyl sites for hydroxylation is 1. The van der Waals surface area contributed by atoms with E-state index in [4.69, 9.17) is 27.1 Å². The molecule has 0 spiro atoms. The number of methoxy groups -OCH3 is 1. The highest BCUT2D eigenvalue weighted by molar-refractivity contribution is 7.99. The number of hydrogen-bond acceptors (Lipinski definition) is 7. The molecule has 0 fully saturated rings. The van der Waals surface area contributed by atoms with Crippen LogP contribution < -0.4 is 11.1 Å². The molecule has 0 bridgehead atoms. The third-order valence-electron chi connectivity index (χ3n) is 4.48. The summed E-state index contributed by atoms with van der Waals surface area (Å²) in [6.45, 7) is 11.9.